The van der Waals surface area contributed by atoms with E-state index in [4.69, 9.17) is 23.7 Å². The quantitative estimate of drug-likeness (QED) is 0.0303. The second kappa shape index (κ2) is 35.4. The van der Waals surface area contributed by atoms with Gasteiger partial charge in [0.15, 0.2) is 13.2 Å². The van der Waals surface area contributed by atoms with Crippen molar-refractivity contribution in [2.75, 3.05) is 13.2 Å². The number of hydrogen-bond acceptors (Lipinski definition) is 17. The van der Waals surface area contributed by atoms with Crippen LogP contribution >= 0.6 is 0 Å². The van der Waals surface area contributed by atoms with Gasteiger partial charge in [0.25, 0.3) is 0 Å². The SMILES string of the molecule is O=C=NC1CCC(CC2CCC(NC(=O)OCC(OC(=O)NC3CCC(CC4CCC(N=C=O)CC4)CC3)OC(COC(=O)NC3CCC(CC4CCC(N=C=O)CC4)CC3)OC(=O)NC3CCC(CC4CCC(N=C=O)CC4)CC3)CC2)CC1. The molecule has 0 aromatic rings. The van der Waals surface area contributed by atoms with Crippen LogP contribution in [0.5, 0.6) is 0 Å². The van der Waals surface area contributed by atoms with Crippen molar-refractivity contribution in [3.8, 4) is 0 Å². The molecular weight excluding hydrogens is 1090 g/mol. The van der Waals surface area contributed by atoms with Gasteiger partial charge in [-0.25, -0.2) is 58.3 Å². The van der Waals surface area contributed by atoms with Crippen LogP contribution in [-0.4, -0.2) is 123 Å². The van der Waals surface area contributed by atoms with Gasteiger partial charge in [0.2, 0.25) is 36.9 Å². The Kier molecular flexibility index (Phi) is 27.3. The number of carbonyl (C=O) groups excluding carboxylic acids is 8. The standard InChI is InChI=1S/C64H98N8O13/c73-39-65-51-17-1-43(2-18-51)33-47-9-25-55(26-10-47)69-61(77)81-37-59(84-63(79)71-57-29-13-49(14-30-57)35-45-5-21-53(22-6-45)67-41-75)83-60(85-64(80)72-58-31-15-50(16-32-58)36-46-7-23-54(24-8-46)68-42-76)38-82-62(78)70-56-27-11-48(12-28-56)34-44-3-19-52(20-4-44)66-40-74/h43-60H,1-38H2,(H,69,77)(H,70,78)(H,71,79)(H,72,80). The van der Waals surface area contributed by atoms with Crippen LogP contribution < -0.4 is 21.3 Å². The Morgan fingerprint density at radius 3 is 0.718 bits per heavy atom. The highest BCUT2D eigenvalue weighted by Gasteiger charge is 2.35. The molecule has 21 nitrogen and oxygen atoms in total. The number of carbonyl (C=O) groups is 4. The summed E-state index contributed by atoms with van der Waals surface area (Å²) in [5, 5.41) is 12.0. The summed E-state index contributed by atoms with van der Waals surface area (Å²) in [6.07, 6.45) is 34.8. The van der Waals surface area contributed by atoms with E-state index in [9.17, 15) is 38.4 Å². The van der Waals surface area contributed by atoms with Gasteiger partial charge in [-0.15, -0.1) is 0 Å². The molecule has 4 N–H and O–H groups in total. The zero-order chi connectivity index (χ0) is 59.6. The van der Waals surface area contributed by atoms with Gasteiger partial charge in [-0.3, -0.25) is 4.74 Å². The fourth-order valence-electron chi connectivity index (χ4n) is 16.1. The number of nitrogens with zero attached hydrogens (tertiary/aromatic N) is 4. The average molecular weight is 1190 g/mol. The van der Waals surface area contributed by atoms with Crippen molar-refractivity contribution in [1.82, 2.24) is 21.3 Å². The summed E-state index contributed by atoms with van der Waals surface area (Å²) in [7, 11) is 0. The van der Waals surface area contributed by atoms with E-state index in [1.807, 2.05) is 0 Å². The monoisotopic (exact) mass is 1190 g/mol. The minimum atomic E-state index is -1.56. The molecule has 0 heterocycles. The van der Waals surface area contributed by atoms with Gasteiger partial charge in [0.05, 0.1) is 24.2 Å². The van der Waals surface area contributed by atoms with E-state index in [0.29, 0.717) is 47.3 Å². The Balaban J connectivity index is 0.854. The Bertz CT molecular complexity index is 2100. The number of hydrogen-bond donors (Lipinski definition) is 4. The van der Waals surface area contributed by atoms with E-state index in [1.54, 1.807) is 24.3 Å². The first-order valence-corrected chi connectivity index (χ1v) is 33.2. The van der Waals surface area contributed by atoms with E-state index >= 15 is 0 Å². The molecule has 8 saturated carbocycles. The molecule has 0 aromatic heterocycles. The summed E-state index contributed by atoms with van der Waals surface area (Å²) in [4.78, 5) is 114. The predicted molar refractivity (Wildman–Crippen MR) is 314 cm³/mol. The van der Waals surface area contributed by atoms with Crippen molar-refractivity contribution in [3.05, 3.63) is 0 Å². The molecule has 0 aromatic carbocycles. The molecule has 4 amide bonds. The van der Waals surface area contributed by atoms with Gasteiger partial charge < -0.3 is 40.2 Å². The molecule has 0 bridgehead atoms. The first-order chi connectivity index (χ1) is 41.4. The Morgan fingerprint density at radius 1 is 0.306 bits per heavy atom. The van der Waals surface area contributed by atoms with Crippen molar-refractivity contribution in [3.63, 3.8) is 0 Å². The van der Waals surface area contributed by atoms with E-state index < -0.39 is 50.2 Å². The number of nitrogens with one attached hydrogen (secondary N) is 4. The smallest absolute Gasteiger partial charge is 0.409 e. The molecule has 8 aliphatic carbocycles. The number of isocyanates is 4. The number of amides is 4. The highest BCUT2D eigenvalue weighted by atomic mass is 16.8. The fraction of sp³-hybridized carbons (Fsp3) is 0.875. The molecular formula is C64H98N8O13. The third-order valence-corrected chi connectivity index (χ3v) is 21.0. The normalized spacial score (nSPS) is 34.0. The summed E-state index contributed by atoms with van der Waals surface area (Å²) in [5.41, 5.74) is 0. The molecule has 472 valence electrons. The minimum absolute atomic E-state index is 0.0814. The van der Waals surface area contributed by atoms with Crippen molar-refractivity contribution in [2.24, 2.45) is 67.3 Å². The average Bonchev–Trinajstić information content (AvgIpc) is 3.62. The summed E-state index contributed by atoms with van der Waals surface area (Å²) >= 11 is 0. The van der Waals surface area contributed by atoms with Crippen LogP contribution in [0.25, 0.3) is 0 Å². The number of ether oxygens (including phenoxy) is 5. The van der Waals surface area contributed by atoms with Crippen LogP contribution in [0.2, 0.25) is 0 Å². The van der Waals surface area contributed by atoms with Gasteiger partial charge in [0.1, 0.15) is 0 Å². The van der Waals surface area contributed by atoms with Gasteiger partial charge in [-0.2, -0.15) is 0 Å². The van der Waals surface area contributed by atoms with Crippen molar-refractivity contribution >= 4 is 48.7 Å². The third-order valence-electron chi connectivity index (χ3n) is 21.0. The molecule has 8 aliphatic rings. The third kappa shape index (κ3) is 23.3. The highest BCUT2D eigenvalue weighted by molar-refractivity contribution is 5.69. The van der Waals surface area contributed by atoms with Crippen LogP contribution in [0, 0.1) is 47.3 Å². The lowest BCUT2D eigenvalue weighted by atomic mass is 9.76. The van der Waals surface area contributed by atoms with E-state index in [-0.39, 0.29) is 48.3 Å². The van der Waals surface area contributed by atoms with Gasteiger partial charge >= 0.3 is 24.4 Å². The van der Waals surface area contributed by atoms with Crippen molar-refractivity contribution in [1.29, 1.82) is 0 Å². The molecule has 0 spiro atoms. The Labute approximate surface area is 502 Å². The number of rotatable bonds is 24. The predicted octanol–water partition coefficient (Wildman–Crippen LogP) is 11.9. The number of aliphatic imine (C=N–C) groups is 4. The maximum Gasteiger partial charge on any atom is 0.409 e. The van der Waals surface area contributed by atoms with Crippen LogP contribution in [0.3, 0.4) is 0 Å². The highest BCUT2D eigenvalue weighted by Crippen LogP contribution is 2.40. The van der Waals surface area contributed by atoms with Gasteiger partial charge in [-0.05, 0) is 278 Å². The second-order valence-electron chi connectivity index (χ2n) is 27.0. The zero-order valence-corrected chi connectivity index (χ0v) is 50.4. The van der Waals surface area contributed by atoms with Crippen LogP contribution in [-0.2, 0) is 42.9 Å². The van der Waals surface area contributed by atoms with E-state index in [1.165, 1.54) is 0 Å². The molecule has 0 aliphatic heterocycles. The maximum absolute atomic E-state index is 13.8. The minimum Gasteiger partial charge on any atom is -0.443 e. The zero-order valence-electron chi connectivity index (χ0n) is 50.4. The Hall–Kier alpha value is -5.44. The maximum atomic E-state index is 13.8. The number of alkyl carbamates (subject to hydrolysis) is 4. The first-order valence-electron chi connectivity index (χ1n) is 33.2. The van der Waals surface area contributed by atoms with Gasteiger partial charge in [-0.1, -0.05) is 0 Å². The Morgan fingerprint density at radius 2 is 0.506 bits per heavy atom. The van der Waals surface area contributed by atoms with E-state index in [2.05, 4.69) is 41.2 Å². The lowest BCUT2D eigenvalue weighted by Crippen LogP contribution is -2.46. The molecule has 0 radical (unpaired) electrons. The molecule has 8 rings (SSSR count). The van der Waals surface area contributed by atoms with Crippen molar-refractivity contribution in [2.45, 2.75) is 292 Å². The van der Waals surface area contributed by atoms with Crippen LogP contribution in [0.15, 0.2) is 20.0 Å². The molecule has 8 fully saturated rings. The topological polar surface area (TPSA) is 280 Å². The first kappa shape index (κ1) is 65.5. The van der Waals surface area contributed by atoms with E-state index in [0.717, 1.165) is 231 Å². The lowest BCUT2D eigenvalue weighted by molar-refractivity contribution is -0.227. The fourth-order valence-corrected chi connectivity index (χ4v) is 16.1. The largest absolute Gasteiger partial charge is 0.443 e. The van der Waals surface area contributed by atoms with Crippen molar-refractivity contribution < 1.29 is 62.0 Å². The van der Waals surface area contributed by atoms with Crippen LogP contribution in [0.1, 0.15) is 231 Å². The molecule has 2 atom stereocenters. The van der Waals surface area contributed by atoms with Crippen LogP contribution in [0.4, 0.5) is 19.2 Å². The summed E-state index contributed by atoms with van der Waals surface area (Å²) in [6.45, 7) is -1.08. The molecule has 0 saturated heterocycles. The second-order valence-corrected chi connectivity index (χ2v) is 27.0. The van der Waals surface area contributed by atoms with Gasteiger partial charge in [0, 0.05) is 24.2 Å². The summed E-state index contributed by atoms with van der Waals surface area (Å²) in [5.74, 6) is 4.55. The molecule has 85 heavy (non-hydrogen) atoms. The summed E-state index contributed by atoms with van der Waals surface area (Å²) < 4.78 is 29.5. The molecule has 21 heteroatoms. The summed E-state index contributed by atoms with van der Waals surface area (Å²) in [6, 6.07) is -0.195. The molecule has 2 unspecified atom stereocenters. The lowest BCUT2D eigenvalue weighted by Gasteiger charge is -2.34.